The van der Waals surface area contributed by atoms with E-state index in [9.17, 15) is 9.59 Å². The number of carbonyl (C=O) groups is 2. The van der Waals surface area contributed by atoms with Crippen molar-refractivity contribution in [2.45, 2.75) is 39.2 Å². The average molecular weight is 270 g/mol. The molecule has 0 saturated heterocycles. The third kappa shape index (κ3) is 6.34. The second kappa shape index (κ2) is 6.49. The van der Waals surface area contributed by atoms with Crippen LogP contribution in [0.3, 0.4) is 0 Å². The van der Waals surface area contributed by atoms with Gasteiger partial charge in [-0.05, 0) is 44.8 Å². The molecule has 0 radical (unpaired) electrons. The third-order valence-corrected chi connectivity index (χ3v) is 2.77. The molecule has 0 aromatic carbocycles. The second-order valence-corrected chi connectivity index (χ2v) is 5.79. The smallest absolute Gasteiger partial charge is 0.408 e. The van der Waals surface area contributed by atoms with Crippen molar-refractivity contribution in [3.8, 4) is 0 Å². The summed E-state index contributed by atoms with van der Waals surface area (Å²) < 4.78 is 8.98. The molecule has 0 aliphatic rings. The summed E-state index contributed by atoms with van der Waals surface area (Å²) in [6.07, 6.45) is 2.22. The fourth-order valence-electron chi connectivity index (χ4n) is 1.21. The number of aryl methyl sites for hydroxylation is 1. The molecule has 18 heavy (non-hydrogen) atoms. The number of aromatic nitrogens is 1. The number of nitrogens with zero attached hydrogens (tertiary/aromatic N) is 1. The van der Waals surface area contributed by atoms with E-state index in [2.05, 4.69) is 9.69 Å². The fraction of sp³-hybridized carbons (Fsp3) is 0.583. The predicted octanol–water partition coefficient (Wildman–Crippen LogP) is 2.17. The molecule has 0 atom stereocenters. The number of ether oxygens (including phenoxy) is 1. The van der Waals surface area contributed by atoms with Gasteiger partial charge in [-0.1, -0.05) is 0 Å². The number of alkyl carbamates (subject to hydrolysis) is 1. The zero-order chi connectivity index (χ0) is 13.6. The van der Waals surface area contributed by atoms with E-state index in [-0.39, 0.29) is 12.3 Å². The van der Waals surface area contributed by atoms with E-state index in [0.717, 1.165) is 4.88 Å². The topological polar surface area (TPSA) is 68.3 Å². The Bertz CT molecular complexity index is 396. The molecule has 1 heterocycles. The molecule has 0 saturated carbocycles. The summed E-state index contributed by atoms with van der Waals surface area (Å²) in [6.45, 7) is 5.34. The number of Topliss-reactive ketones (excluding diaryl/α,β-unsaturated/α-hetero) is 1. The number of hydrogen-bond donors (Lipinski definition) is 1. The molecular formula is C12H18N2O3S. The largest absolute Gasteiger partial charge is 0.444 e. The minimum absolute atomic E-state index is 0.00766. The van der Waals surface area contributed by atoms with Crippen molar-refractivity contribution in [1.29, 1.82) is 0 Å². The first-order valence-corrected chi connectivity index (χ1v) is 6.52. The van der Waals surface area contributed by atoms with Crippen molar-refractivity contribution < 1.29 is 14.3 Å². The highest BCUT2D eigenvalue weighted by molar-refractivity contribution is 7.05. The van der Waals surface area contributed by atoms with Crippen LogP contribution in [0.15, 0.2) is 12.3 Å². The first kappa shape index (κ1) is 14.6. The van der Waals surface area contributed by atoms with E-state index in [4.69, 9.17) is 4.74 Å². The van der Waals surface area contributed by atoms with E-state index < -0.39 is 11.7 Å². The highest BCUT2D eigenvalue weighted by atomic mass is 32.1. The van der Waals surface area contributed by atoms with Crippen LogP contribution >= 0.6 is 11.5 Å². The molecule has 0 fully saturated rings. The van der Waals surface area contributed by atoms with E-state index in [0.29, 0.717) is 12.8 Å². The molecule has 0 unspecified atom stereocenters. The quantitative estimate of drug-likeness (QED) is 0.890. The van der Waals surface area contributed by atoms with Gasteiger partial charge in [-0.25, -0.2) is 9.17 Å². The minimum atomic E-state index is -0.561. The van der Waals surface area contributed by atoms with Crippen LogP contribution < -0.4 is 5.32 Å². The Kier molecular flexibility index (Phi) is 5.27. The van der Waals surface area contributed by atoms with E-state index in [1.54, 1.807) is 27.0 Å². The van der Waals surface area contributed by atoms with Gasteiger partial charge in [0.25, 0.3) is 0 Å². The Morgan fingerprint density at radius 1 is 1.44 bits per heavy atom. The molecule has 0 aliphatic heterocycles. The van der Waals surface area contributed by atoms with Crippen molar-refractivity contribution in [2.24, 2.45) is 0 Å². The molecule has 6 heteroatoms. The van der Waals surface area contributed by atoms with Crippen LogP contribution in [0.5, 0.6) is 0 Å². The summed E-state index contributed by atoms with van der Waals surface area (Å²) in [5, 5.41) is 2.45. The molecule has 1 rings (SSSR count). The van der Waals surface area contributed by atoms with Gasteiger partial charge in [0.1, 0.15) is 5.60 Å². The summed E-state index contributed by atoms with van der Waals surface area (Å²) in [4.78, 5) is 23.9. The molecule has 100 valence electrons. The molecule has 1 N–H and O–H groups in total. The van der Waals surface area contributed by atoms with Crippen LogP contribution in [0, 0.1) is 0 Å². The summed E-state index contributed by atoms with van der Waals surface area (Å²) >= 11 is 1.38. The molecule has 0 aliphatic carbocycles. The van der Waals surface area contributed by atoms with Crippen molar-refractivity contribution in [3.63, 3.8) is 0 Å². The average Bonchev–Trinajstić information content (AvgIpc) is 2.74. The second-order valence-electron chi connectivity index (χ2n) is 4.87. The number of hydrogen-bond acceptors (Lipinski definition) is 5. The van der Waals surface area contributed by atoms with Crippen LogP contribution in [-0.4, -0.2) is 28.4 Å². The van der Waals surface area contributed by atoms with Gasteiger partial charge in [0.15, 0.2) is 5.78 Å². The molecule has 1 aromatic rings. The van der Waals surface area contributed by atoms with Gasteiger partial charge in [0.2, 0.25) is 0 Å². The number of carbonyl (C=O) groups excluding carboxylic acids is 2. The first-order valence-electron chi connectivity index (χ1n) is 5.75. The van der Waals surface area contributed by atoms with Gasteiger partial charge in [-0.2, -0.15) is 0 Å². The lowest BCUT2D eigenvalue weighted by Crippen LogP contribution is -2.35. The van der Waals surface area contributed by atoms with Gasteiger partial charge in [-0.15, -0.1) is 0 Å². The molecule has 0 bridgehead atoms. The number of nitrogens with one attached hydrogen (secondary N) is 1. The van der Waals surface area contributed by atoms with Crippen molar-refractivity contribution in [2.75, 3.05) is 6.54 Å². The normalized spacial score (nSPS) is 11.1. The zero-order valence-corrected chi connectivity index (χ0v) is 11.7. The summed E-state index contributed by atoms with van der Waals surface area (Å²) in [7, 11) is 0. The molecule has 0 spiro atoms. The number of amides is 1. The lowest BCUT2D eigenvalue weighted by Gasteiger charge is -2.19. The van der Waals surface area contributed by atoms with Crippen LogP contribution in [0.1, 0.15) is 32.1 Å². The molecule has 1 amide bonds. The Hall–Kier alpha value is -1.43. The van der Waals surface area contributed by atoms with Crippen LogP contribution in [0.25, 0.3) is 0 Å². The number of rotatable bonds is 5. The molecular weight excluding hydrogens is 252 g/mol. The highest BCUT2D eigenvalue weighted by Crippen LogP contribution is 2.08. The van der Waals surface area contributed by atoms with E-state index >= 15 is 0 Å². The third-order valence-electron chi connectivity index (χ3n) is 1.97. The maximum absolute atomic E-state index is 11.5. The van der Waals surface area contributed by atoms with Gasteiger partial charge in [-0.3, -0.25) is 4.79 Å². The van der Waals surface area contributed by atoms with Crippen LogP contribution in [-0.2, 0) is 16.0 Å². The van der Waals surface area contributed by atoms with Crippen molar-refractivity contribution >= 4 is 23.4 Å². The molecule has 1 aromatic heterocycles. The lowest BCUT2D eigenvalue weighted by atomic mass is 10.2. The van der Waals surface area contributed by atoms with Crippen LogP contribution in [0.2, 0.25) is 0 Å². The Balaban J connectivity index is 2.19. The summed E-state index contributed by atoms with van der Waals surface area (Å²) in [6, 6.07) is 1.89. The number of ketones is 1. The summed E-state index contributed by atoms with van der Waals surface area (Å²) in [5.41, 5.74) is -0.546. The summed E-state index contributed by atoms with van der Waals surface area (Å²) in [5.74, 6) is -0.0192. The van der Waals surface area contributed by atoms with Crippen molar-refractivity contribution in [1.82, 2.24) is 9.69 Å². The molecule has 5 nitrogen and oxygen atoms in total. The van der Waals surface area contributed by atoms with Gasteiger partial charge in [0, 0.05) is 17.5 Å². The highest BCUT2D eigenvalue weighted by Gasteiger charge is 2.16. The van der Waals surface area contributed by atoms with Gasteiger partial charge < -0.3 is 10.1 Å². The Labute approximate surface area is 111 Å². The SMILES string of the molecule is CC(C)(C)OC(=O)NCC(=O)CCc1ccns1. The van der Waals surface area contributed by atoms with Crippen LogP contribution in [0.4, 0.5) is 4.79 Å². The van der Waals surface area contributed by atoms with E-state index in [1.807, 2.05) is 6.07 Å². The lowest BCUT2D eigenvalue weighted by molar-refractivity contribution is -0.118. The maximum atomic E-state index is 11.5. The van der Waals surface area contributed by atoms with Gasteiger partial charge in [0.05, 0.1) is 6.54 Å². The Morgan fingerprint density at radius 3 is 2.72 bits per heavy atom. The monoisotopic (exact) mass is 270 g/mol. The standard InChI is InChI=1S/C12H18N2O3S/c1-12(2,3)17-11(16)13-8-9(15)4-5-10-6-7-14-18-10/h6-7H,4-5,8H2,1-3H3,(H,13,16). The fourth-order valence-corrected chi connectivity index (χ4v) is 1.78. The van der Waals surface area contributed by atoms with Gasteiger partial charge >= 0.3 is 6.09 Å². The van der Waals surface area contributed by atoms with Crippen molar-refractivity contribution in [3.05, 3.63) is 17.1 Å². The first-order chi connectivity index (χ1) is 8.37. The zero-order valence-electron chi connectivity index (χ0n) is 10.9. The maximum Gasteiger partial charge on any atom is 0.408 e. The Morgan fingerprint density at radius 2 is 2.17 bits per heavy atom. The minimum Gasteiger partial charge on any atom is -0.444 e. The van der Waals surface area contributed by atoms with E-state index in [1.165, 1.54) is 11.5 Å². The predicted molar refractivity (Wildman–Crippen MR) is 69.7 cm³/mol.